The molecule has 6 aliphatic rings. The molecule has 72 heavy (non-hydrogen) atoms. The molecular formula is C60H88N6O6. The van der Waals surface area contributed by atoms with Gasteiger partial charge in [0, 0.05) is 30.5 Å². The molecule has 2 saturated heterocycles. The number of aldehydes is 1. The minimum Gasteiger partial charge on any atom is -0.483 e. The lowest BCUT2D eigenvalue weighted by molar-refractivity contribution is -0.139. The Labute approximate surface area is 431 Å². The summed E-state index contributed by atoms with van der Waals surface area (Å²) >= 11 is 0. The second-order valence-electron chi connectivity index (χ2n) is 24.0. The molecule has 4 atom stereocenters. The zero-order chi connectivity index (χ0) is 53.1. The molecule has 5 N–H and O–H groups in total. The number of amides is 3. The third-order valence-electron chi connectivity index (χ3n) is 16.6. The Kier molecular flexibility index (Phi) is 17.8. The van der Waals surface area contributed by atoms with Gasteiger partial charge in [-0.3, -0.25) is 24.1 Å². The van der Waals surface area contributed by atoms with Crippen LogP contribution < -0.4 is 21.3 Å². The maximum atomic E-state index is 14.2. The van der Waals surface area contributed by atoms with E-state index in [4.69, 9.17) is 9.90 Å². The fourth-order valence-electron chi connectivity index (χ4n) is 12.4. The van der Waals surface area contributed by atoms with E-state index < -0.39 is 6.04 Å². The molecule has 9 rings (SSSR count). The van der Waals surface area contributed by atoms with Crippen LogP contribution in [0.25, 0.3) is 22.3 Å². The third-order valence-corrected chi connectivity index (χ3v) is 16.6. The number of carboxylic acid groups (broad SMARTS) is 1. The molecule has 3 aromatic carbocycles. The van der Waals surface area contributed by atoms with Crippen LogP contribution in [0.1, 0.15) is 157 Å². The molecule has 3 amide bonds. The van der Waals surface area contributed by atoms with Gasteiger partial charge in [-0.1, -0.05) is 107 Å². The summed E-state index contributed by atoms with van der Waals surface area (Å²) < 4.78 is 0. The Hall–Kier alpha value is -4.91. The van der Waals surface area contributed by atoms with Crippen molar-refractivity contribution < 1.29 is 29.1 Å². The van der Waals surface area contributed by atoms with E-state index in [-0.39, 0.29) is 64.5 Å². The van der Waals surface area contributed by atoms with Crippen LogP contribution in [0.4, 0.5) is 11.4 Å². The quantitative estimate of drug-likeness (QED) is 0.105. The van der Waals surface area contributed by atoms with Crippen LogP contribution in [0.3, 0.4) is 0 Å². The molecule has 0 radical (unpaired) electrons. The van der Waals surface area contributed by atoms with Gasteiger partial charge in [0.1, 0.15) is 12.3 Å². The first-order valence-electron chi connectivity index (χ1n) is 27.1. The highest BCUT2D eigenvalue weighted by Crippen LogP contribution is 2.58. The van der Waals surface area contributed by atoms with Gasteiger partial charge in [-0.05, 0) is 181 Å². The van der Waals surface area contributed by atoms with Crippen LogP contribution in [0.2, 0.25) is 0 Å². The highest BCUT2D eigenvalue weighted by Gasteiger charge is 2.56. The van der Waals surface area contributed by atoms with Crippen LogP contribution in [-0.2, 0) is 47.6 Å². The SMILES string of the molecule is CC.CC(C)NC(C=O)C(C)C.CNC(C(=O)N1CC2(CC2)CC1C(=O)Nc1cccc(-c2c3c(c(-c4cccc(NC(=O)C5CC6(CC6)CN5C)c4)c4c2C(C)(C)CC4)C(C)(C)CC3)c1)C(C)C.O=CO. The molecule has 2 saturated carbocycles. The predicted molar refractivity (Wildman–Crippen MR) is 292 cm³/mol. The van der Waals surface area contributed by atoms with Gasteiger partial charge in [-0.25, -0.2) is 0 Å². The van der Waals surface area contributed by atoms with Gasteiger partial charge >= 0.3 is 0 Å². The van der Waals surface area contributed by atoms with Crippen LogP contribution in [0.15, 0.2) is 48.5 Å². The molecule has 3 aromatic rings. The van der Waals surface area contributed by atoms with Crippen molar-refractivity contribution in [2.24, 2.45) is 22.7 Å². The number of carbonyl (C=O) groups excluding carboxylic acids is 4. The lowest BCUT2D eigenvalue weighted by Gasteiger charge is -2.31. The summed E-state index contributed by atoms with van der Waals surface area (Å²) in [6, 6.07) is 16.6. The highest BCUT2D eigenvalue weighted by molar-refractivity contribution is 6.00. The first-order valence-corrected chi connectivity index (χ1v) is 27.1. The number of nitrogens with one attached hydrogen (secondary N) is 4. The van der Waals surface area contributed by atoms with E-state index in [0.717, 1.165) is 81.1 Å². The van der Waals surface area contributed by atoms with Gasteiger partial charge < -0.3 is 36.1 Å². The summed E-state index contributed by atoms with van der Waals surface area (Å²) in [5.74, 6) is 0.566. The first kappa shape index (κ1) is 56.4. The highest BCUT2D eigenvalue weighted by atomic mass is 16.3. The number of nitrogens with zero attached hydrogens (tertiary/aromatic N) is 2. The van der Waals surface area contributed by atoms with Gasteiger partial charge in [-0.2, -0.15) is 0 Å². The zero-order valence-corrected chi connectivity index (χ0v) is 46.2. The fraction of sp³-hybridized carbons (Fsp3) is 0.617. The average Bonchev–Trinajstić information content (AvgIpc) is 4.10. The van der Waals surface area contributed by atoms with E-state index in [1.165, 1.54) is 51.8 Å². The van der Waals surface area contributed by atoms with E-state index in [1.54, 1.807) is 0 Å². The second kappa shape index (κ2) is 22.7. The van der Waals surface area contributed by atoms with E-state index in [9.17, 15) is 19.2 Å². The van der Waals surface area contributed by atoms with Crippen LogP contribution in [-0.4, -0.2) is 103 Å². The maximum Gasteiger partial charge on any atom is 0.290 e. The van der Waals surface area contributed by atoms with Gasteiger partial charge in [-0.15, -0.1) is 0 Å². The van der Waals surface area contributed by atoms with E-state index in [1.807, 2.05) is 65.6 Å². The minimum absolute atomic E-state index is 0.0139. The van der Waals surface area contributed by atoms with Crippen molar-refractivity contribution >= 4 is 41.9 Å². The summed E-state index contributed by atoms with van der Waals surface area (Å²) in [7, 11) is 3.93. The molecule has 2 heterocycles. The van der Waals surface area contributed by atoms with Gasteiger partial charge in [0.15, 0.2) is 0 Å². The van der Waals surface area contributed by atoms with Crippen molar-refractivity contribution in [2.75, 3.05) is 37.8 Å². The molecular weight excluding hydrogens is 901 g/mol. The summed E-state index contributed by atoms with van der Waals surface area (Å²) in [6.45, 7) is 27.3. The molecule has 0 bridgehead atoms. The lowest BCUT2D eigenvalue weighted by Crippen LogP contribution is -2.52. The van der Waals surface area contributed by atoms with Crippen molar-refractivity contribution in [2.45, 2.75) is 188 Å². The molecule has 12 nitrogen and oxygen atoms in total. The number of hydrogen-bond acceptors (Lipinski definition) is 8. The van der Waals surface area contributed by atoms with E-state index in [2.05, 4.69) is 111 Å². The van der Waals surface area contributed by atoms with Gasteiger partial charge in [0.2, 0.25) is 17.7 Å². The van der Waals surface area contributed by atoms with E-state index >= 15 is 0 Å². The number of fused-ring (bicyclic) bond motifs is 2. The number of carbonyl (C=O) groups is 5. The molecule has 394 valence electrons. The Bertz CT molecular complexity index is 2450. The second-order valence-corrected chi connectivity index (χ2v) is 24.0. The topological polar surface area (TPSA) is 160 Å². The number of rotatable bonds is 13. The largest absolute Gasteiger partial charge is 0.483 e. The number of likely N-dealkylation sites (N-methyl/N-ethyl adjacent to an activating group) is 2. The lowest BCUT2D eigenvalue weighted by atomic mass is 9.73. The molecule has 0 aromatic heterocycles. The third kappa shape index (κ3) is 12.0. The van der Waals surface area contributed by atoms with Crippen molar-refractivity contribution in [1.29, 1.82) is 0 Å². The van der Waals surface area contributed by atoms with Crippen molar-refractivity contribution in [3.8, 4) is 22.3 Å². The molecule has 2 aliphatic heterocycles. The fourth-order valence-corrected chi connectivity index (χ4v) is 12.4. The van der Waals surface area contributed by atoms with Crippen molar-refractivity contribution in [3.63, 3.8) is 0 Å². The van der Waals surface area contributed by atoms with E-state index in [0.29, 0.717) is 23.9 Å². The minimum atomic E-state index is -0.472. The van der Waals surface area contributed by atoms with Crippen LogP contribution >= 0.6 is 0 Å². The molecule has 4 unspecified atom stereocenters. The standard InChI is InChI=1S/C49H63N5O3.C8H17NO.C2H6.CH2O2/c1-29(2)42(50-7)45(57)54-28-49(21-22-49)26-37(54)44(56)52-33-14-10-12-31(24-33)39-35-16-18-46(3,4)40(35)38(34-15-17-47(5,6)41(34)39)30-11-9-13-32(23-30)51-43(55)36-25-48(19-20-48)27-53(36)8;1-6(2)8(5-10)9-7(3)4;1-2;2-1-3/h9-14,23-24,29,36-37,42,50H,15-22,25-28H2,1-8H3,(H,51,55)(H,52,56);5-9H,1-4H3;1-2H3;1H,(H,2,3). The Morgan fingerprint density at radius 3 is 1.50 bits per heavy atom. The smallest absolute Gasteiger partial charge is 0.290 e. The van der Waals surface area contributed by atoms with Crippen LogP contribution in [0, 0.1) is 22.7 Å². The maximum absolute atomic E-state index is 14.2. The molecule has 12 heteroatoms. The number of hydrogen-bond donors (Lipinski definition) is 5. The van der Waals surface area contributed by atoms with Crippen molar-refractivity contribution in [3.05, 3.63) is 70.8 Å². The summed E-state index contributed by atoms with van der Waals surface area (Å²) in [6.07, 6.45) is 11.4. The van der Waals surface area contributed by atoms with Gasteiger partial charge in [0.05, 0.1) is 18.1 Å². The molecule has 4 aliphatic carbocycles. The number of benzene rings is 3. The summed E-state index contributed by atoms with van der Waals surface area (Å²) in [5, 5.41) is 19.9. The predicted octanol–water partition coefficient (Wildman–Crippen LogP) is 10.4. The Morgan fingerprint density at radius 2 is 1.12 bits per heavy atom. The van der Waals surface area contributed by atoms with Crippen molar-refractivity contribution in [1.82, 2.24) is 20.4 Å². The zero-order valence-electron chi connectivity index (χ0n) is 46.2. The van der Waals surface area contributed by atoms with Gasteiger partial charge in [0.25, 0.3) is 6.47 Å². The summed E-state index contributed by atoms with van der Waals surface area (Å²) in [5.41, 5.74) is 12.7. The number of likely N-dealkylation sites (tertiary alicyclic amines) is 2. The van der Waals surface area contributed by atoms with Crippen LogP contribution in [0.5, 0.6) is 0 Å². The Morgan fingerprint density at radius 1 is 0.681 bits per heavy atom. The molecule has 4 fully saturated rings. The average molecular weight is 989 g/mol. The number of anilines is 2. The normalized spacial score (nSPS) is 21.9. The molecule has 2 spiro atoms. The summed E-state index contributed by atoms with van der Waals surface area (Å²) in [4.78, 5) is 64.6. The first-order chi connectivity index (χ1) is 34.0. The Balaban J connectivity index is 0.000000497. The monoisotopic (exact) mass is 989 g/mol.